The highest BCUT2D eigenvalue weighted by Crippen LogP contribution is 2.45. The number of hydrogen-bond acceptors (Lipinski definition) is 5. The van der Waals surface area contributed by atoms with Crippen molar-refractivity contribution < 1.29 is 29.1 Å². The molecule has 2 atom stereocenters. The van der Waals surface area contributed by atoms with Crippen molar-refractivity contribution in [1.29, 1.82) is 0 Å². The fraction of sp³-hybridized carbons (Fsp3) is 0.423. The van der Waals surface area contributed by atoms with E-state index < -0.39 is 29.0 Å². The number of benzene rings is 2. The number of rotatable bonds is 12. The van der Waals surface area contributed by atoms with E-state index in [0.717, 1.165) is 11.6 Å². The quantitative estimate of drug-likeness (QED) is 0.272. The summed E-state index contributed by atoms with van der Waals surface area (Å²) in [5, 5.41) is 21.5. The summed E-state index contributed by atoms with van der Waals surface area (Å²) in [6.45, 7) is 0.865. The van der Waals surface area contributed by atoms with Crippen molar-refractivity contribution in [3.8, 4) is 0 Å². The Balaban J connectivity index is 1.72. The van der Waals surface area contributed by atoms with E-state index in [1.807, 2.05) is 30.3 Å². The molecule has 1 saturated heterocycles. The van der Waals surface area contributed by atoms with Crippen molar-refractivity contribution in [3.63, 3.8) is 0 Å². The number of amides is 3. The van der Waals surface area contributed by atoms with Gasteiger partial charge in [0.1, 0.15) is 5.82 Å². The third-order valence-corrected chi connectivity index (χ3v) is 6.73. The van der Waals surface area contributed by atoms with E-state index in [0.29, 0.717) is 32.4 Å². The van der Waals surface area contributed by atoms with Crippen molar-refractivity contribution in [2.75, 3.05) is 26.2 Å². The fourth-order valence-electron chi connectivity index (χ4n) is 4.90. The van der Waals surface area contributed by atoms with Crippen LogP contribution >= 0.6 is 0 Å². The SMILES string of the molecule is O=C(NCCC(C(=O)NO)C1(CCCO)CCN(CCc2ccccc2)C1=O)c1cccc(F)c1. The number of likely N-dealkylation sites (tertiary alicyclic amines) is 1. The first kappa shape index (κ1) is 26.3. The fourth-order valence-corrected chi connectivity index (χ4v) is 4.90. The summed E-state index contributed by atoms with van der Waals surface area (Å²) in [6, 6.07) is 15.0. The molecule has 8 nitrogen and oxygen atoms in total. The molecule has 0 spiro atoms. The molecule has 1 aliphatic rings. The Morgan fingerprint density at radius 1 is 1.14 bits per heavy atom. The highest BCUT2D eigenvalue weighted by atomic mass is 19.1. The largest absolute Gasteiger partial charge is 0.396 e. The molecule has 0 aromatic heterocycles. The Morgan fingerprint density at radius 3 is 2.60 bits per heavy atom. The van der Waals surface area contributed by atoms with Crippen molar-refractivity contribution in [3.05, 3.63) is 71.5 Å². The van der Waals surface area contributed by atoms with Gasteiger partial charge in [-0.15, -0.1) is 0 Å². The minimum atomic E-state index is -1.10. The Morgan fingerprint density at radius 2 is 1.91 bits per heavy atom. The Labute approximate surface area is 204 Å². The van der Waals surface area contributed by atoms with Gasteiger partial charge in [0.05, 0.1) is 11.3 Å². The van der Waals surface area contributed by atoms with Gasteiger partial charge in [0.25, 0.3) is 5.91 Å². The average molecular weight is 486 g/mol. The summed E-state index contributed by atoms with van der Waals surface area (Å²) < 4.78 is 13.4. The van der Waals surface area contributed by atoms with E-state index in [1.54, 1.807) is 10.4 Å². The lowest BCUT2D eigenvalue weighted by Gasteiger charge is -2.35. The van der Waals surface area contributed by atoms with Crippen LogP contribution in [0, 0.1) is 17.2 Å². The molecule has 4 N–H and O–H groups in total. The smallest absolute Gasteiger partial charge is 0.251 e. The van der Waals surface area contributed by atoms with Gasteiger partial charge in [0.2, 0.25) is 11.8 Å². The first-order valence-electron chi connectivity index (χ1n) is 11.8. The van der Waals surface area contributed by atoms with Crippen molar-refractivity contribution in [1.82, 2.24) is 15.7 Å². The highest BCUT2D eigenvalue weighted by molar-refractivity contribution is 5.94. The van der Waals surface area contributed by atoms with Crippen LogP contribution in [0.4, 0.5) is 4.39 Å². The van der Waals surface area contributed by atoms with E-state index in [-0.39, 0.29) is 37.5 Å². The number of carbonyl (C=O) groups excluding carboxylic acids is 3. The predicted molar refractivity (Wildman–Crippen MR) is 127 cm³/mol. The van der Waals surface area contributed by atoms with Gasteiger partial charge >= 0.3 is 0 Å². The van der Waals surface area contributed by atoms with Crippen LogP contribution in [-0.4, -0.2) is 59.2 Å². The molecule has 1 aliphatic heterocycles. The topological polar surface area (TPSA) is 119 Å². The maximum absolute atomic E-state index is 13.6. The number of hydrogen-bond donors (Lipinski definition) is 4. The van der Waals surface area contributed by atoms with Gasteiger partial charge in [-0.05, 0) is 55.9 Å². The van der Waals surface area contributed by atoms with E-state index in [4.69, 9.17) is 0 Å². The van der Waals surface area contributed by atoms with Crippen LogP contribution in [-0.2, 0) is 16.0 Å². The highest BCUT2D eigenvalue weighted by Gasteiger charge is 2.53. The molecule has 2 aromatic rings. The summed E-state index contributed by atoms with van der Waals surface area (Å²) in [4.78, 5) is 40.5. The third-order valence-electron chi connectivity index (χ3n) is 6.73. The summed E-state index contributed by atoms with van der Waals surface area (Å²) >= 11 is 0. The standard InChI is InChI=1S/C26H32FN3O5/c27-21-9-4-8-20(18-21)23(32)28-14-10-22(24(33)29-35)26(12-5-17-31)13-16-30(25(26)34)15-11-19-6-2-1-3-7-19/h1-4,6-9,18,22,31,35H,5,10-17H2,(H,28,32)(H,29,33). The van der Waals surface area contributed by atoms with Crippen molar-refractivity contribution in [2.24, 2.45) is 11.3 Å². The predicted octanol–water partition coefficient (Wildman–Crippen LogP) is 2.30. The molecule has 0 aliphatic carbocycles. The van der Waals surface area contributed by atoms with E-state index in [1.165, 1.54) is 18.2 Å². The van der Waals surface area contributed by atoms with Crippen LogP contribution in [0.2, 0.25) is 0 Å². The van der Waals surface area contributed by atoms with Gasteiger partial charge in [-0.2, -0.15) is 0 Å². The number of aliphatic hydroxyl groups excluding tert-OH is 1. The molecule has 0 radical (unpaired) electrons. The van der Waals surface area contributed by atoms with Gasteiger partial charge in [0, 0.05) is 31.8 Å². The first-order valence-corrected chi connectivity index (χ1v) is 11.8. The molecule has 1 fully saturated rings. The molecule has 1 heterocycles. The summed E-state index contributed by atoms with van der Waals surface area (Å²) in [6.07, 6.45) is 1.76. The minimum absolute atomic E-state index is 0.0472. The molecule has 3 rings (SSSR count). The van der Waals surface area contributed by atoms with Crippen LogP contribution in [0.1, 0.15) is 41.6 Å². The zero-order valence-electron chi connectivity index (χ0n) is 19.6. The lowest BCUT2D eigenvalue weighted by molar-refractivity contribution is -0.149. The maximum atomic E-state index is 13.6. The summed E-state index contributed by atoms with van der Waals surface area (Å²) in [7, 11) is 0. The number of halogens is 1. The van der Waals surface area contributed by atoms with Gasteiger partial charge in [-0.1, -0.05) is 36.4 Å². The van der Waals surface area contributed by atoms with Gasteiger partial charge in [-0.3, -0.25) is 19.6 Å². The molecule has 3 amide bonds. The number of nitrogens with one attached hydrogen (secondary N) is 2. The molecule has 2 unspecified atom stereocenters. The van der Waals surface area contributed by atoms with E-state index >= 15 is 0 Å². The second-order valence-electron chi connectivity index (χ2n) is 8.84. The number of nitrogens with zero attached hydrogens (tertiary/aromatic N) is 1. The Kier molecular flexibility index (Phi) is 9.33. The Hall–Kier alpha value is -3.30. The van der Waals surface area contributed by atoms with Crippen LogP contribution in [0.5, 0.6) is 0 Å². The normalized spacial score (nSPS) is 18.4. The second-order valence-corrected chi connectivity index (χ2v) is 8.84. The van der Waals surface area contributed by atoms with Gasteiger partial charge in [-0.25, -0.2) is 9.87 Å². The van der Waals surface area contributed by atoms with Crippen LogP contribution in [0.3, 0.4) is 0 Å². The van der Waals surface area contributed by atoms with Crippen LogP contribution in [0.25, 0.3) is 0 Å². The number of aliphatic hydroxyl groups is 1. The monoisotopic (exact) mass is 485 g/mol. The summed E-state index contributed by atoms with van der Waals surface area (Å²) in [5.41, 5.74) is 1.82. The molecule has 35 heavy (non-hydrogen) atoms. The summed E-state index contributed by atoms with van der Waals surface area (Å²) in [5.74, 6) is -2.85. The molecule has 188 valence electrons. The van der Waals surface area contributed by atoms with E-state index in [2.05, 4.69) is 5.32 Å². The number of carbonyl (C=O) groups is 3. The lowest BCUT2D eigenvalue weighted by atomic mass is 9.69. The zero-order valence-corrected chi connectivity index (χ0v) is 19.6. The van der Waals surface area contributed by atoms with Gasteiger partial charge in [0.15, 0.2) is 0 Å². The van der Waals surface area contributed by atoms with Crippen LogP contribution in [0.15, 0.2) is 54.6 Å². The second kappa shape index (κ2) is 12.4. The minimum Gasteiger partial charge on any atom is -0.396 e. The molecule has 0 bridgehead atoms. The third kappa shape index (κ3) is 6.43. The van der Waals surface area contributed by atoms with E-state index in [9.17, 15) is 29.1 Å². The van der Waals surface area contributed by atoms with Crippen molar-refractivity contribution >= 4 is 17.7 Å². The number of hydroxylamine groups is 1. The molecular weight excluding hydrogens is 453 g/mol. The Bertz CT molecular complexity index is 1020. The maximum Gasteiger partial charge on any atom is 0.251 e. The first-order chi connectivity index (χ1) is 16.9. The lowest BCUT2D eigenvalue weighted by Crippen LogP contribution is -2.48. The van der Waals surface area contributed by atoms with Gasteiger partial charge < -0.3 is 15.3 Å². The molecule has 2 aromatic carbocycles. The van der Waals surface area contributed by atoms with Crippen molar-refractivity contribution in [2.45, 2.75) is 32.1 Å². The van der Waals surface area contributed by atoms with Crippen LogP contribution < -0.4 is 10.8 Å². The molecule has 0 saturated carbocycles. The average Bonchev–Trinajstić information content (AvgIpc) is 3.19. The molecule has 9 heteroatoms. The zero-order chi connectivity index (χ0) is 25.3. The molecular formula is C26H32FN3O5.